The fraction of sp³-hybridized carbons (Fsp3) is 0.500. The van der Waals surface area contributed by atoms with Gasteiger partial charge in [0.15, 0.2) is 0 Å². The molecule has 3 aromatic rings. The predicted molar refractivity (Wildman–Crippen MR) is 112 cm³/mol. The molecule has 1 N–H and O–H groups in total. The van der Waals surface area contributed by atoms with Gasteiger partial charge in [-0.2, -0.15) is 5.21 Å². The van der Waals surface area contributed by atoms with E-state index in [9.17, 15) is 0 Å². The van der Waals surface area contributed by atoms with Crippen molar-refractivity contribution in [1.29, 1.82) is 0 Å². The molecule has 3 heterocycles. The molecule has 4 rings (SSSR count). The van der Waals surface area contributed by atoms with Gasteiger partial charge in [0.1, 0.15) is 0 Å². The molecule has 0 unspecified atom stereocenters. The molecule has 8 heteroatoms. The van der Waals surface area contributed by atoms with Crippen LogP contribution in [0.5, 0.6) is 0 Å². The largest absolute Gasteiger partial charge is 0.368 e. The van der Waals surface area contributed by atoms with E-state index in [0.717, 1.165) is 49.7 Å². The van der Waals surface area contributed by atoms with Gasteiger partial charge in [0.2, 0.25) is 5.82 Å². The summed E-state index contributed by atoms with van der Waals surface area (Å²) in [6.07, 6.45) is 1.07. The minimum absolute atomic E-state index is 0.627. The number of aromatic amines is 1. The summed E-state index contributed by atoms with van der Waals surface area (Å²) < 4.78 is 0. The smallest absolute Gasteiger partial charge is 0.206 e. The normalized spacial score (nSPS) is 15.5. The summed E-state index contributed by atoms with van der Waals surface area (Å²) in [7, 11) is 0. The first-order chi connectivity index (χ1) is 13.6. The van der Waals surface area contributed by atoms with Crippen molar-refractivity contribution in [2.45, 2.75) is 33.7 Å². The van der Waals surface area contributed by atoms with Crippen molar-refractivity contribution in [3.63, 3.8) is 0 Å². The van der Waals surface area contributed by atoms with Crippen LogP contribution in [-0.4, -0.2) is 56.7 Å². The number of nitrogens with zero attached hydrogens (tertiary/aromatic N) is 6. The van der Waals surface area contributed by atoms with Crippen molar-refractivity contribution >= 4 is 17.0 Å². The quantitative estimate of drug-likeness (QED) is 0.689. The van der Waals surface area contributed by atoms with E-state index in [2.05, 4.69) is 79.8 Å². The number of thiazole rings is 1. The highest BCUT2D eigenvalue weighted by Crippen LogP contribution is 2.31. The molecule has 2 aromatic heterocycles. The Kier molecular flexibility index (Phi) is 5.68. The fourth-order valence-electron chi connectivity index (χ4n) is 3.76. The first-order valence-corrected chi connectivity index (χ1v) is 10.7. The Morgan fingerprint density at radius 2 is 2.00 bits per heavy atom. The maximum atomic E-state index is 4.61. The maximum Gasteiger partial charge on any atom is 0.206 e. The molecule has 0 amide bonds. The van der Waals surface area contributed by atoms with Crippen molar-refractivity contribution in [2.24, 2.45) is 5.92 Å². The number of hydrogen-bond acceptors (Lipinski definition) is 7. The molecule has 0 atom stereocenters. The first-order valence-electron chi connectivity index (χ1n) is 9.83. The van der Waals surface area contributed by atoms with Crippen molar-refractivity contribution in [2.75, 3.05) is 31.1 Å². The number of aromatic nitrogens is 5. The Hall–Kier alpha value is -2.32. The van der Waals surface area contributed by atoms with E-state index in [1.807, 2.05) is 0 Å². The summed E-state index contributed by atoms with van der Waals surface area (Å²) in [5.41, 5.74) is 4.80. The van der Waals surface area contributed by atoms with Gasteiger partial charge >= 0.3 is 0 Å². The second-order valence-corrected chi connectivity index (χ2v) is 8.87. The van der Waals surface area contributed by atoms with Crippen molar-refractivity contribution in [3.05, 3.63) is 39.8 Å². The zero-order valence-corrected chi connectivity index (χ0v) is 17.5. The number of aryl methyl sites for hydroxylation is 1. The summed E-state index contributed by atoms with van der Waals surface area (Å²) in [5, 5.41) is 18.1. The molecule has 0 bridgehead atoms. The highest BCUT2D eigenvalue weighted by atomic mass is 32.1. The number of benzene rings is 1. The van der Waals surface area contributed by atoms with Crippen LogP contribution >= 0.6 is 11.3 Å². The highest BCUT2D eigenvalue weighted by Gasteiger charge is 2.22. The number of anilines is 1. The van der Waals surface area contributed by atoms with Gasteiger partial charge in [0.05, 0.1) is 10.7 Å². The van der Waals surface area contributed by atoms with Gasteiger partial charge in [-0.1, -0.05) is 19.9 Å². The Morgan fingerprint density at radius 1 is 1.18 bits per heavy atom. The van der Waals surface area contributed by atoms with Crippen LogP contribution in [0.25, 0.3) is 11.4 Å². The molecule has 28 heavy (non-hydrogen) atoms. The number of tetrazole rings is 1. The summed E-state index contributed by atoms with van der Waals surface area (Å²) in [6.45, 7) is 11.5. The lowest BCUT2D eigenvalue weighted by Gasteiger charge is -2.36. The Morgan fingerprint density at radius 3 is 2.64 bits per heavy atom. The van der Waals surface area contributed by atoms with Crippen LogP contribution in [0.1, 0.15) is 30.1 Å². The molecule has 7 nitrogen and oxygen atoms in total. The first kappa shape index (κ1) is 19.0. The summed E-state index contributed by atoms with van der Waals surface area (Å²) >= 11 is 1.73. The van der Waals surface area contributed by atoms with Gasteiger partial charge in [-0.15, -0.1) is 21.5 Å². The third kappa shape index (κ3) is 4.39. The van der Waals surface area contributed by atoms with E-state index < -0.39 is 0 Å². The van der Waals surface area contributed by atoms with Gasteiger partial charge in [0, 0.05) is 49.4 Å². The topological polar surface area (TPSA) is 73.8 Å². The highest BCUT2D eigenvalue weighted by molar-refractivity contribution is 7.09. The predicted octanol–water partition coefficient (Wildman–Crippen LogP) is 3.15. The van der Waals surface area contributed by atoms with Gasteiger partial charge in [0.25, 0.3) is 0 Å². The number of rotatable bonds is 6. The van der Waals surface area contributed by atoms with Crippen LogP contribution < -0.4 is 4.90 Å². The molecule has 0 radical (unpaired) electrons. The van der Waals surface area contributed by atoms with Crippen LogP contribution in [-0.2, 0) is 13.0 Å². The summed E-state index contributed by atoms with van der Waals surface area (Å²) in [4.78, 5) is 9.55. The van der Waals surface area contributed by atoms with Gasteiger partial charge < -0.3 is 4.90 Å². The zero-order valence-electron chi connectivity index (χ0n) is 16.7. The van der Waals surface area contributed by atoms with Gasteiger partial charge in [-0.05, 0) is 42.2 Å². The standard InChI is InChI=1S/C20H27N7S/c1-14(2)10-16-4-5-18(20-22-24-25-23-20)19(11-16)27-8-6-26(7-9-27)12-17-13-28-15(3)21-17/h4-5,11,13-14H,6-10,12H2,1-3H3,(H,22,23,24,25). The van der Waals surface area contributed by atoms with Crippen molar-refractivity contribution in [1.82, 2.24) is 30.5 Å². The fourth-order valence-corrected chi connectivity index (χ4v) is 4.36. The second-order valence-electron chi connectivity index (χ2n) is 7.81. The van der Waals surface area contributed by atoms with Crippen LogP contribution in [0.15, 0.2) is 23.6 Å². The molecule has 1 aliphatic heterocycles. The lowest BCUT2D eigenvalue weighted by atomic mass is 9.99. The molecule has 0 saturated carbocycles. The number of H-pyrrole nitrogens is 1. The molecule has 1 aliphatic rings. The van der Waals surface area contributed by atoms with Crippen LogP contribution in [0.4, 0.5) is 5.69 Å². The average Bonchev–Trinajstić information content (AvgIpc) is 3.34. The van der Waals surface area contributed by atoms with Crippen LogP contribution in [0.2, 0.25) is 0 Å². The van der Waals surface area contributed by atoms with E-state index in [1.165, 1.54) is 16.9 Å². The lowest BCUT2D eigenvalue weighted by molar-refractivity contribution is 0.247. The molecular weight excluding hydrogens is 370 g/mol. The molecule has 1 saturated heterocycles. The van der Waals surface area contributed by atoms with E-state index in [0.29, 0.717) is 11.7 Å². The monoisotopic (exact) mass is 397 g/mol. The van der Waals surface area contributed by atoms with Crippen molar-refractivity contribution in [3.8, 4) is 11.4 Å². The maximum absolute atomic E-state index is 4.61. The third-order valence-corrected chi connectivity index (χ3v) is 5.88. The molecule has 0 aliphatic carbocycles. The van der Waals surface area contributed by atoms with Crippen LogP contribution in [0.3, 0.4) is 0 Å². The van der Waals surface area contributed by atoms with Gasteiger partial charge in [-0.3, -0.25) is 4.90 Å². The average molecular weight is 398 g/mol. The molecule has 0 spiro atoms. The van der Waals surface area contributed by atoms with Crippen molar-refractivity contribution < 1.29 is 0 Å². The van der Waals surface area contributed by atoms with E-state index in [1.54, 1.807) is 11.3 Å². The Labute approximate surface area is 169 Å². The summed E-state index contributed by atoms with van der Waals surface area (Å²) in [6, 6.07) is 6.64. The molecular formula is C20H27N7S. The number of piperazine rings is 1. The number of nitrogens with one attached hydrogen (secondary N) is 1. The Bertz CT molecular complexity index is 895. The van der Waals surface area contributed by atoms with Crippen LogP contribution in [0, 0.1) is 12.8 Å². The molecule has 1 aromatic carbocycles. The van der Waals surface area contributed by atoms with E-state index in [4.69, 9.17) is 0 Å². The van der Waals surface area contributed by atoms with E-state index >= 15 is 0 Å². The molecule has 148 valence electrons. The third-order valence-electron chi connectivity index (χ3n) is 5.06. The molecule has 1 fully saturated rings. The van der Waals surface area contributed by atoms with Gasteiger partial charge in [-0.25, -0.2) is 4.98 Å². The van der Waals surface area contributed by atoms with E-state index in [-0.39, 0.29) is 0 Å². The Balaban J connectivity index is 1.51. The SMILES string of the molecule is Cc1nc(CN2CCN(c3cc(CC(C)C)ccc3-c3nn[nH]n3)CC2)cs1. The lowest BCUT2D eigenvalue weighted by Crippen LogP contribution is -2.46. The minimum atomic E-state index is 0.627. The zero-order chi connectivity index (χ0) is 19.5. The summed E-state index contributed by atoms with van der Waals surface area (Å²) in [5.74, 6) is 1.29. The minimum Gasteiger partial charge on any atom is -0.368 e. The second kappa shape index (κ2) is 8.36. The number of hydrogen-bond donors (Lipinski definition) is 1.